The summed E-state index contributed by atoms with van der Waals surface area (Å²) in [7, 11) is 1.98. The van der Waals surface area contributed by atoms with Crippen molar-refractivity contribution < 1.29 is 9.59 Å². The number of carbonyl (C=O) groups excluding carboxylic acids is 2. The van der Waals surface area contributed by atoms with Gasteiger partial charge in [-0.3, -0.25) is 14.5 Å². The molecule has 0 atom stereocenters. The average Bonchev–Trinajstić information content (AvgIpc) is 2.81. The summed E-state index contributed by atoms with van der Waals surface area (Å²) in [6.07, 6.45) is 20.2. The highest BCUT2D eigenvalue weighted by atomic mass is 16.2. The molecule has 0 aliphatic carbocycles. The average molecular weight is 482 g/mol. The highest BCUT2D eigenvalue weighted by molar-refractivity contribution is 5.89. The number of nitrogens with zero attached hydrogens (tertiary/aromatic N) is 1. The fourth-order valence-corrected chi connectivity index (χ4v) is 5.53. The number of carbonyl (C=O) groups is 2. The van der Waals surface area contributed by atoms with E-state index in [0.29, 0.717) is 25.7 Å². The number of likely N-dealkylation sites (N-methyl/N-ethyl adjacent to an activating group) is 1. The van der Waals surface area contributed by atoms with Crippen molar-refractivity contribution in [2.24, 2.45) is 11.5 Å². The second-order valence-corrected chi connectivity index (χ2v) is 10.6. The van der Waals surface area contributed by atoms with E-state index >= 15 is 0 Å². The zero-order chi connectivity index (χ0) is 25.9. The van der Waals surface area contributed by atoms with E-state index in [9.17, 15) is 9.59 Å². The first kappa shape index (κ1) is 32.9. The van der Waals surface area contributed by atoms with Gasteiger partial charge in [0.15, 0.2) is 0 Å². The summed E-state index contributed by atoms with van der Waals surface area (Å²) < 4.78 is 0. The Morgan fingerprint density at radius 2 is 0.735 bits per heavy atom. The van der Waals surface area contributed by atoms with E-state index in [-0.39, 0.29) is 11.8 Å². The molecule has 0 aromatic rings. The maximum Gasteiger partial charge on any atom is 0.237 e. The summed E-state index contributed by atoms with van der Waals surface area (Å²) in [4.78, 5) is 28.6. The lowest BCUT2D eigenvalue weighted by Gasteiger charge is -2.50. The quantitative estimate of drug-likeness (QED) is 0.142. The molecule has 0 spiro atoms. The van der Waals surface area contributed by atoms with Gasteiger partial charge in [0.2, 0.25) is 11.8 Å². The van der Waals surface area contributed by atoms with Gasteiger partial charge in [0.05, 0.1) is 0 Å². The van der Waals surface area contributed by atoms with Gasteiger partial charge in [-0.25, -0.2) is 0 Å². The summed E-state index contributed by atoms with van der Waals surface area (Å²) in [5.74, 6) is -0.563. The molecule has 0 aliphatic heterocycles. The van der Waals surface area contributed by atoms with Crippen LogP contribution in [0.15, 0.2) is 0 Å². The molecule has 0 unspecified atom stereocenters. The highest BCUT2D eigenvalue weighted by Crippen LogP contribution is 2.39. The molecule has 0 radical (unpaired) electrons. The number of unbranched alkanes of at least 4 members (excludes halogenated alkanes) is 12. The third-order valence-corrected chi connectivity index (χ3v) is 7.98. The zero-order valence-corrected chi connectivity index (χ0v) is 23.6. The largest absolute Gasteiger partial charge is 0.368 e. The van der Waals surface area contributed by atoms with E-state index in [1.54, 1.807) is 0 Å². The van der Waals surface area contributed by atoms with Crippen LogP contribution in [0.2, 0.25) is 0 Å². The molecule has 0 saturated heterocycles. The Hall–Kier alpha value is -1.10. The van der Waals surface area contributed by atoms with Gasteiger partial charge in [0, 0.05) is 0 Å². The number of rotatable bonds is 24. The molecule has 5 heteroatoms. The van der Waals surface area contributed by atoms with Crippen molar-refractivity contribution in [1.82, 2.24) is 4.90 Å². The van der Waals surface area contributed by atoms with Crippen LogP contribution >= 0.6 is 0 Å². The summed E-state index contributed by atoms with van der Waals surface area (Å²) in [6.45, 7) is 8.79. The van der Waals surface area contributed by atoms with Crippen molar-refractivity contribution in [3.63, 3.8) is 0 Å². The fraction of sp³-hybridized carbons (Fsp3) is 0.931. The normalized spacial score (nSPS) is 12.4. The Labute approximate surface area is 212 Å². The smallest absolute Gasteiger partial charge is 0.237 e. The van der Waals surface area contributed by atoms with Crippen LogP contribution in [0.25, 0.3) is 0 Å². The Kier molecular flexibility index (Phi) is 18.5. The Morgan fingerprint density at radius 3 is 0.912 bits per heavy atom. The van der Waals surface area contributed by atoms with Crippen LogP contribution < -0.4 is 11.5 Å². The lowest BCUT2D eigenvalue weighted by atomic mass is 9.76. The summed E-state index contributed by atoms with van der Waals surface area (Å²) >= 11 is 0. The molecule has 4 N–H and O–H groups in total. The lowest BCUT2D eigenvalue weighted by Crippen LogP contribution is -2.68. The van der Waals surface area contributed by atoms with Crippen molar-refractivity contribution in [2.45, 2.75) is 167 Å². The predicted octanol–water partition coefficient (Wildman–Crippen LogP) is 7.25. The molecule has 0 aliphatic rings. The van der Waals surface area contributed by atoms with Crippen LogP contribution in [-0.4, -0.2) is 34.8 Å². The molecule has 34 heavy (non-hydrogen) atoms. The minimum atomic E-state index is -0.813. The second-order valence-electron chi connectivity index (χ2n) is 10.6. The van der Waals surface area contributed by atoms with Gasteiger partial charge in [-0.05, 0) is 32.7 Å². The molecule has 0 aromatic heterocycles. The molecule has 202 valence electrons. The minimum absolute atomic E-state index is 0.282. The molecular weight excluding hydrogens is 422 g/mol. The Morgan fingerprint density at radius 1 is 0.500 bits per heavy atom. The first-order valence-corrected chi connectivity index (χ1v) is 14.6. The van der Waals surface area contributed by atoms with Crippen LogP contribution in [0, 0.1) is 0 Å². The molecule has 5 nitrogen and oxygen atoms in total. The maximum atomic E-state index is 13.2. The van der Waals surface area contributed by atoms with E-state index in [4.69, 9.17) is 11.5 Å². The van der Waals surface area contributed by atoms with Gasteiger partial charge >= 0.3 is 0 Å². The van der Waals surface area contributed by atoms with Crippen LogP contribution in [-0.2, 0) is 9.59 Å². The first-order valence-electron chi connectivity index (χ1n) is 14.6. The molecule has 0 bridgehead atoms. The zero-order valence-electron chi connectivity index (χ0n) is 23.6. The monoisotopic (exact) mass is 481 g/mol. The maximum absolute atomic E-state index is 13.2. The van der Waals surface area contributed by atoms with Crippen LogP contribution in [0.4, 0.5) is 0 Å². The van der Waals surface area contributed by atoms with Crippen molar-refractivity contribution in [1.29, 1.82) is 0 Å². The van der Waals surface area contributed by atoms with Gasteiger partial charge in [-0.2, -0.15) is 0 Å². The van der Waals surface area contributed by atoms with Gasteiger partial charge in [-0.1, -0.05) is 130 Å². The SMILES string of the molecule is CCCCCCC(CCCCCC)(C(N)=O)N(C)C(CCCCCC)(CCCCCC)C(N)=O. The van der Waals surface area contributed by atoms with Crippen LogP contribution in [0.5, 0.6) is 0 Å². The van der Waals surface area contributed by atoms with E-state index in [2.05, 4.69) is 32.6 Å². The lowest BCUT2D eigenvalue weighted by molar-refractivity contribution is -0.146. The Bertz CT molecular complexity index is 465. The molecule has 2 amide bonds. The summed E-state index contributed by atoms with van der Waals surface area (Å²) in [5.41, 5.74) is 10.8. The highest BCUT2D eigenvalue weighted by Gasteiger charge is 2.51. The first-order chi connectivity index (χ1) is 16.3. The number of hydrogen-bond donors (Lipinski definition) is 2. The van der Waals surface area contributed by atoms with Gasteiger partial charge in [0.25, 0.3) is 0 Å². The van der Waals surface area contributed by atoms with Crippen LogP contribution in [0.1, 0.15) is 156 Å². The molecule has 0 rings (SSSR count). The third-order valence-electron chi connectivity index (χ3n) is 7.98. The third kappa shape index (κ3) is 10.7. The number of nitrogens with two attached hydrogens (primary N) is 2. The summed E-state index contributed by atoms with van der Waals surface area (Å²) in [5, 5.41) is 0. The fourth-order valence-electron chi connectivity index (χ4n) is 5.53. The number of hydrogen-bond acceptors (Lipinski definition) is 3. The number of primary amides is 2. The van der Waals surface area contributed by atoms with E-state index in [1.165, 1.54) is 0 Å². The molecule has 0 aromatic carbocycles. The van der Waals surface area contributed by atoms with Gasteiger partial charge in [-0.15, -0.1) is 0 Å². The standard InChI is InChI=1S/C29H59N3O2/c1-6-10-14-18-22-28(26(30)33,23-19-15-11-7-2)32(5)29(27(31)34,24-20-16-12-8-3)25-21-17-13-9-4/h6-25H2,1-5H3,(H2,30,33)(H2,31,34). The predicted molar refractivity (Wildman–Crippen MR) is 147 cm³/mol. The van der Waals surface area contributed by atoms with Crippen molar-refractivity contribution in [2.75, 3.05) is 7.05 Å². The minimum Gasteiger partial charge on any atom is -0.368 e. The van der Waals surface area contributed by atoms with Gasteiger partial charge < -0.3 is 11.5 Å². The van der Waals surface area contributed by atoms with Crippen molar-refractivity contribution >= 4 is 11.8 Å². The molecular formula is C29H59N3O2. The molecule has 0 saturated carbocycles. The van der Waals surface area contributed by atoms with Crippen molar-refractivity contribution in [3.8, 4) is 0 Å². The molecule has 0 heterocycles. The second kappa shape index (κ2) is 19.1. The van der Waals surface area contributed by atoms with E-state index in [1.807, 2.05) is 7.05 Å². The van der Waals surface area contributed by atoms with E-state index < -0.39 is 11.1 Å². The number of amides is 2. The van der Waals surface area contributed by atoms with Crippen LogP contribution in [0.3, 0.4) is 0 Å². The Balaban J connectivity index is 6.13. The van der Waals surface area contributed by atoms with Gasteiger partial charge in [0.1, 0.15) is 11.1 Å². The van der Waals surface area contributed by atoms with Crippen molar-refractivity contribution in [3.05, 3.63) is 0 Å². The summed E-state index contributed by atoms with van der Waals surface area (Å²) in [6, 6.07) is 0. The topological polar surface area (TPSA) is 89.4 Å². The molecule has 0 fully saturated rings. The van der Waals surface area contributed by atoms with E-state index in [0.717, 1.165) is 103 Å².